The Morgan fingerprint density at radius 2 is 1.70 bits per heavy atom. The Bertz CT molecular complexity index is 791. The predicted octanol–water partition coefficient (Wildman–Crippen LogP) is 3.06. The third-order valence-corrected chi connectivity index (χ3v) is 5.17. The van der Waals surface area contributed by atoms with Crippen LogP contribution in [0.5, 0.6) is 0 Å². The number of nitrogens with one attached hydrogen (secondary N) is 2. The van der Waals surface area contributed by atoms with E-state index in [0.29, 0.717) is 26.2 Å². The standard InChI is InChI=1S/C22H27N3O2/c1-3-23-22(27)25-14-19(18-12-8-7-9-16(18)2)20(15-25)21(26)24-13-17-10-5-4-6-11-17/h4-12,19-20H,3,13-15H2,1-2H3,(H,23,27)(H,24,26). The van der Waals surface area contributed by atoms with Gasteiger partial charge in [-0.2, -0.15) is 0 Å². The molecule has 0 radical (unpaired) electrons. The topological polar surface area (TPSA) is 61.4 Å². The highest BCUT2D eigenvalue weighted by molar-refractivity contribution is 5.83. The van der Waals surface area contributed by atoms with Gasteiger partial charge in [0.05, 0.1) is 5.92 Å². The van der Waals surface area contributed by atoms with Crippen LogP contribution in [0.15, 0.2) is 54.6 Å². The van der Waals surface area contributed by atoms with Crippen LogP contribution in [0.25, 0.3) is 0 Å². The minimum atomic E-state index is -0.252. The summed E-state index contributed by atoms with van der Waals surface area (Å²) in [6.45, 7) is 6.03. The monoisotopic (exact) mass is 365 g/mol. The minimum Gasteiger partial charge on any atom is -0.352 e. The van der Waals surface area contributed by atoms with E-state index in [9.17, 15) is 9.59 Å². The molecule has 3 rings (SSSR count). The van der Waals surface area contributed by atoms with E-state index in [4.69, 9.17) is 0 Å². The molecular formula is C22H27N3O2. The first-order valence-electron chi connectivity index (χ1n) is 9.50. The van der Waals surface area contributed by atoms with Crippen LogP contribution in [0, 0.1) is 12.8 Å². The lowest BCUT2D eigenvalue weighted by Crippen LogP contribution is -2.39. The smallest absolute Gasteiger partial charge is 0.317 e. The number of hydrogen-bond acceptors (Lipinski definition) is 2. The molecule has 0 aliphatic carbocycles. The number of carbonyl (C=O) groups is 2. The number of urea groups is 1. The molecule has 2 atom stereocenters. The van der Waals surface area contributed by atoms with Crippen LogP contribution in [0.4, 0.5) is 4.79 Å². The van der Waals surface area contributed by atoms with E-state index in [0.717, 1.165) is 16.7 Å². The van der Waals surface area contributed by atoms with Gasteiger partial charge in [0, 0.05) is 32.1 Å². The van der Waals surface area contributed by atoms with Crippen LogP contribution in [-0.4, -0.2) is 36.5 Å². The van der Waals surface area contributed by atoms with Crippen molar-refractivity contribution in [1.82, 2.24) is 15.5 Å². The Labute approximate surface area is 160 Å². The maximum absolute atomic E-state index is 13.0. The summed E-state index contributed by atoms with van der Waals surface area (Å²) in [6.07, 6.45) is 0. The first-order chi connectivity index (χ1) is 13.1. The summed E-state index contributed by atoms with van der Waals surface area (Å²) < 4.78 is 0. The zero-order valence-corrected chi connectivity index (χ0v) is 15.9. The average Bonchev–Trinajstić information content (AvgIpc) is 3.13. The number of likely N-dealkylation sites (tertiary alicyclic amines) is 1. The Morgan fingerprint density at radius 3 is 2.41 bits per heavy atom. The van der Waals surface area contributed by atoms with Crippen molar-refractivity contribution >= 4 is 11.9 Å². The highest BCUT2D eigenvalue weighted by Gasteiger charge is 2.40. The minimum absolute atomic E-state index is 0.00101. The fraction of sp³-hybridized carbons (Fsp3) is 0.364. The second-order valence-electron chi connectivity index (χ2n) is 7.01. The lowest BCUT2D eigenvalue weighted by atomic mass is 9.86. The van der Waals surface area contributed by atoms with Gasteiger partial charge < -0.3 is 15.5 Å². The van der Waals surface area contributed by atoms with E-state index in [1.54, 1.807) is 4.90 Å². The lowest BCUT2D eigenvalue weighted by molar-refractivity contribution is -0.125. The van der Waals surface area contributed by atoms with Crippen LogP contribution < -0.4 is 10.6 Å². The molecule has 5 heteroatoms. The van der Waals surface area contributed by atoms with Crippen LogP contribution in [0.3, 0.4) is 0 Å². The maximum atomic E-state index is 13.0. The summed E-state index contributed by atoms with van der Waals surface area (Å²) in [6, 6.07) is 17.9. The molecule has 1 heterocycles. The third-order valence-electron chi connectivity index (χ3n) is 5.17. The van der Waals surface area contributed by atoms with Crippen LogP contribution in [0.1, 0.15) is 29.5 Å². The summed E-state index contributed by atoms with van der Waals surface area (Å²) in [5, 5.41) is 5.90. The molecule has 1 saturated heterocycles. The largest absolute Gasteiger partial charge is 0.352 e. The summed E-state index contributed by atoms with van der Waals surface area (Å²) in [5.41, 5.74) is 3.36. The summed E-state index contributed by atoms with van der Waals surface area (Å²) in [4.78, 5) is 27.1. The second kappa shape index (κ2) is 8.71. The van der Waals surface area contributed by atoms with Gasteiger partial charge in [-0.05, 0) is 30.5 Å². The Kier molecular flexibility index (Phi) is 6.12. The zero-order chi connectivity index (χ0) is 19.2. The van der Waals surface area contributed by atoms with E-state index < -0.39 is 0 Å². The van der Waals surface area contributed by atoms with Gasteiger partial charge in [0.1, 0.15) is 0 Å². The SMILES string of the molecule is CCNC(=O)N1CC(C(=O)NCc2ccccc2)C(c2ccccc2C)C1. The van der Waals surface area contributed by atoms with Crippen LogP contribution in [-0.2, 0) is 11.3 Å². The molecule has 1 aliphatic rings. The molecule has 0 aromatic heterocycles. The van der Waals surface area contributed by atoms with Gasteiger partial charge in [-0.25, -0.2) is 4.79 Å². The predicted molar refractivity (Wildman–Crippen MR) is 106 cm³/mol. The number of nitrogens with zero attached hydrogens (tertiary/aromatic N) is 1. The van der Waals surface area contributed by atoms with E-state index in [-0.39, 0.29) is 23.8 Å². The van der Waals surface area contributed by atoms with Gasteiger partial charge in [0.25, 0.3) is 0 Å². The van der Waals surface area contributed by atoms with Crippen molar-refractivity contribution in [3.05, 3.63) is 71.3 Å². The van der Waals surface area contributed by atoms with Gasteiger partial charge in [-0.3, -0.25) is 4.79 Å². The van der Waals surface area contributed by atoms with Crippen molar-refractivity contribution in [3.8, 4) is 0 Å². The molecule has 3 amide bonds. The number of rotatable bonds is 5. The third kappa shape index (κ3) is 4.48. The number of amides is 3. The molecule has 2 aromatic carbocycles. The summed E-state index contributed by atoms with van der Waals surface area (Å²) in [5.74, 6) is -0.249. The number of benzene rings is 2. The van der Waals surface area contributed by atoms with Crippen molar-refractivity contribution in [2.24, 2.45) is 5.92 Å². The molecule has 1 fully saturated rings. The quantitative estimate of drug-likeness (QED) is 0.855. The Balaban J connectivity index is 1.77. The van der Waals surface area contributed by atoms with Gasteiger partial charge >= 0.3 is 6.03 Å². The molecule has 5 nitrogen and oxygen atoms in total. The Hall–Kier alpha value is -2.82. The van der Waals surface area contributed by atoms with Crippen molar-refractivity contribution in [1.29, 1.82) is 0 Å². The fourth-order valence-corrected chi connectivity index (χ4v) is 3.73. The highest BCUT2D eigenvalue weighted by Crippen LogP contribution is 2.34. The Morgan fingerprint density at radius 1 is 1.00 bits per heavy atom. The number of carbonyl (C=O) groups excluding carboxylic acids is 2. The van der Waals surface area contributed by atoms with Crippen molar-refractivity contribution in [2.75, 3.05) is 19.6 Å². The molecule has 2 unspecified atom stereocenters. The van der Waals surface area contributed by atoms with E-state index >= 15 is 0 Å². The highest BCUT2D eigenvalue weighted by atomic mass is 16.2. The molecule has 1 aliphatic heterocycles. The lowest BCUT2D eigenvalue weighted by Gasteiger charge is -2.20. The number of hydrogen-bond donors (Lipinski definition) is 2. The normalized spacial score (nSPS) is 19.0. The van der Waals surface area contributed by atoms with Crippen molar-refractivity contribution in [2.45, 2.75) is 26.3 Å². The van der Waals surface area contributed by atoms with Crippen LogP contribution >= 0.6 is 0 Å². The van der Waals surface area contributed by atoms with E-state index in [1.165, 1.54) is 0 Å². The first kappa shape index (κ1) is 19.0. The summed E-state index contributed by atoms with van der Waals surface area (Å²) in [7, 11) is 0. The second-order valence-corrected chi connectivity index (χ2v) is 7.01. The van der Waals surface area contributed by atoms with E-state index in [2.05, 4.69) is 29.7 Å². The van der Waals surface area contributed by atoms with Gasteiger partial charge in [0.2, 0.25) is 5.91 Å². The average molecular weight is 365 g/mol. The van der Waals surface area contributed by atoms with Crippen LogP contribution in [0.2, 0.25) is 0 Å². The first-order valence-corrected chi connectivity index (χ1v) is 9.50. The molecule has 142 valence electrons. The van der Waals surface area contributed by atoms with E-state index in [1.807, 2.05) is 49.4 Å². The van der Waals surface area contributed by atoms with Crippen molar-refractivity contribution < 1.29 is 9.59 Å². The maximum Gasteiger partial charge on any atom is 0.317 e. The molecule has 0 spiro atoms. The molecule has 0 bridgehead atoms. The number of aryl methyl sites for hydroxylation is 1. The zero-order valence-electron chi connectivity index (χ0n) is 15.9. The molecule has 27 heavy (non-hydrogen) atoms. The fourth-order valence-electron chi connectivity index (χ4n) is 3.73. The van der Waals surface area contributed by atoms with Gasteiger partial charge in [-0.1, -0.05) is 54.6 Å². The van der Waals surface area contributed by atoms with Crippen molar-refractivity contribution in [3.63, 3.8) is 0 Å². The molecular weight excluding hydrogens is 338 g/mol. The van der Waals surface area contributed by atoms with Gasteiger partial charge in [-0.15, -0.1) is 0 Å². The molecule has 2 aromatic rings. The molecule has 0 saturated carbocycles. The summed E-state index contributed by atoms with van der Waals surface area (Å²) >= 11 is 0. The van der Waals surface area contributed by atoms with Gasteiger partial charge in [0.15, 0.2) is 0 Å². The molecule has 2 N–H and O–H groups in total.